The molecule has 202 valence electrons. The van der Waals surface area contributed by atoms with Gasteiger partial charge in [0.1, 0.15) is 35.8 Å². The van der Waals surface area contributed by atoms with Crippen molar-refractivity contribution in [3.05, 3.63) is 71.6 Å². The first-order valence-corrected chi connectivity index (χ1v) is 12.2. The van der Waals surface area contributed by atoms with Crippen LogP contribution in [0.1, 0.15) is 37.8 Å². The van der Waals surface area contributed by atoms with Gasteiger partial charge in [0.25, 0.3) is 5.91 Å². The van der Waals surface area contributed by atoms with Gasteiger partial charge in [-0.05, 0) is 56.0 Å². The van der Waals surface area contributed by atoms with E-state index >= 15 is 0 Å². The highest BCUT2D eigenvalue weighted by Crippen LogP contribution is 2.34. The van der Waals surface area contributed by atoms with E-state index in [1.807, 2.05) is 0 Å². The number of anilines is 1. The molecule has 0 fully saturated rings. The van der Waals surface area contributed by atoms with E-state index in [2.05, 4.69) is 10.4 Å². The zero-order valence-electron chi connectivity index (χ0n) is 21.4. The number of ether oxygens (including phenoxy) is 2. The second-order valence-corrected chi connectivity index (χ2v) is 9.81. The van der Waals surface area contributed by atoms with Crippen LogP contribution in [-0.2, 0) is 11.2 Å². The minimum absolute atomic E-state index is 0.0946. The normalized spacial score (nSPS) is 15.5. The maximum atomic E-state index is 14.0. The van der Waals surface area contributed by atoms with E-state index in [0.717, 1.165) is 16.8 Å². The number of benzene rings is 2. The molecule has 0 radical (unpaired) electrons. The van der Waals surface area contributed by atoms with Crippen LogP contribution in [0, 0.1) is 11.6 Å². The van der Waals surface area contributed by atoms with Crippen LogP contribution in [0.2, 0.25) is 0 Å². The van der Waals surface area contributed by atoms with Gasteiger partial charge < -0.3 is 24.8 Å². The summed E-state index contributed by atoms with van der Waals surface area (Å²) in [5, 5.41) is 16.5. The highest BCUT2D eigenvalue weighted by molar-refractivity contribution is 6.00. The number of hydrogen-bond acceptors (Lipinski definition) is 6. The number of aromatic nitrogens is 2. The summed E-state index contributed by atoms with van der Waals surface area (Å²) in [4.78, 5) is 27.3. The molecule has 1 aliphatic rings. The molecule has 9 nitrogen and oxygen atoms in total. The lowest BCUT2D eigenvalue weighted by Crippen LogP contribution is -2.50. The number of rotatable bonds is 8. The molecule has 2 aromatic carbocycles. The SMILES string of the molecule is CN1C(=O)[C@@H](NC(=O)n2cc(Cc3ccc(F)cc3F)cn2)COc2ccc(OCCCC(C)(C)O)cc21. The molecule has 2 N–H and O–H groups in total. The average molecular weight is 529 g/mol. The molecule has 2 heterocycles. The van der Waals surface area contributed by atoms with E-state index in [4.69, 9.17) is 9.47 Å². The van der Waals surface area contributed by atoms with E-state index in [-0.39, 0.29) is 18.6 Å². The first-order valence-electron chi connectivity index (χ1n) is 12.2. The first kappa shape index (κ1) is 27.1. The molecule has 1 aromatic heterocycles. The Morgan fingerprint density at radius 3 is 2.79 bits per heavy atom. The van der Waals surface area contributed by atoms with Gasteiger partial charge in [0.2, 0.25) is 0 Å². The molecular formula is C27H30F2N4O5. The third-order valence-electron chi connectivity index (χ3n) is 6.08. The average Bonchev–Trinajstić information content (AvgIpc) is 3.29. The van der Waals surface area contributed by atoms with E-state index in [9.17, 15) is 23.5 Å². The minimum Gasteiger partial charge on any atom is -0.494 e. The van der Waals surface area contributed by atoms with Crippen LogP contribution >= 0.6 is 0 Å². The number of hydrogen-bond donors (Lipinski definition) is 2. The zero-order valence-corrected chi connectivity index (χ0v) is 21.4. The Balaban J connectivity index is 1.38. The van der Waals surface area contributed by atoms with Crippen molar-refractivity contribution in [2.24, 2.45) is 0 Å². The highest BCUT2D eigenvalue weighted by Gasteiger charge is 2.31. The highest BCUT2D eigenvalue weighted by atomic mass is 19.1. The van der Waals surface area contributed by atoms with Crippen LogP contribution in [-0.4, -0.2) is 58.7 Å². The lowest BCUT2D eigenvalue weighted by atomic mass is 10.0. The molecule has 0 unspecified atom stereocenters. The van der Waals surface area contributed by atoms with Gasteiger partial charge in [-0.2, -0.15) is 9.78 Å². The lowest BCUT2D eigenvalue weighted by Gasteiger charge is -2.21. The Bertz CT molecular complexity index is 1320. The fourth-order valence-electron chi connectivity index (χ4n) is 4.03. The number of aliphatic hydroxyl groups is 1. The number of amides is 2. The van der Waals surface area contributed by atoms with E-state index in [1.165, 1.54) is 23.4 Å². The molecule has 11 heteroatoms. The van der Waals surface area contributed by atoms with Crippen molar-refractivity contribution in [2.45, 2.75) is 44.8 Å². The molecule has 2 amide bonds. The number of carbonyl (C=O) groups is 2. The van der Waals surface area contributed by atoms with Crippen molar-refractivity contribution in [2.75, 3.05) is 25.2 Å². The zero-order chi connectivity index (χ0) is 27.4. The van der Waals surface area contributed by atoms with Gasteiger partial charge in [0, 0.05) is 31.8 Å². The van der Waals surface area contributed by atoms with Gasteiger partial charge in [-0.1, -0.05) is 6.07 Å². The number of fused-ring (bicyclic) bond motifs is 1. The summed E-state index contributed by atoms with van der Waals surface area (Å²) in [5.74, 6) is -0.739. The maximum absolute atomic E-state index is 14.0. The molecule has 0 saturated heterocycles. The fraction of sp³-hybridized carbons (Fsp3) is 0.370. The molecule has 0 spiro atoms. The monoisotopic (exact) mass is 528 g/mol. The molecule has 1 atom stereocenters. The number of nitrogens with one attached hydrogen (secondary N) is 1. The topological polar surface area (TPSA) is 106 Å². The van der Waals surface area contributed by atoms with Crippen molar-refractivity contribution in [1.82, 2.24) is 15.1 Å². The van der Waals surface area contributed by atoms with Gasteiger partial charge in [0.15, 0.2) is 0 Å². The van der Waals surface area contributed by atoms with Crippen LogP contribution in [0.5, 0.6) is 11.5 Å². The number of nitrogens with zero attached hydrogens (tertiary/aromatic N) is 3. The lowest BCUT2D eigenvalue weighted by molar-refractivity contribution is -0.120. The van der Waals surface area contributed by atoms with Gasteiger partial charge in [-0.25, -0.2) is 13.6 Å². The number of carbonyl (C=O) groups excluding carboxylic acids is 2. The standard InChI is InChI=1S/C27H30F2N4O5/c1-27(2,36)9-4-10-37-20-7-8-24-23(13-20)32(3)25(34)22(16-38-24)31-26(35)33-15-17(14-30-33)11-18-5-6-19(28)12-21(18)29/h5-8,12-15,22,36H,4,9-11,16H2,1-3H3,(H,31,35)/t22-/m0/s1. The molecule has 3 aromatic rings. The summed E-state index contributed by atoms with van der Waals surface area (Å²) >= 11 is 0. The van der Waals surface area contributed by atoms with Crippen molar-refractivity contribution < 1.29 is 33.0 Å². The maximum Gasteiger partial charge on any atom is 0.342 e. The van der Waals surface area contributed by atoms with Crippen LogP contribution in [0.25, 0.3) is 0 Å². The largest absolute Gasteiger partial charge is 0.494 e. The Morgan fingerprint density at radius 1 is 1.26 bits per heavy atom. The van der Waals surface area contributed by atoms with Crippen molar-refractivity contribution in [1.29, 1.82) is 0 Å². The predicted octanol–water partition coefficient (Wildman–Crippen LogP) is 3.66. The Morgan fingerprint density at radius 2 is 2.05 bits per heavy atom. The molecule has 0 bridgehead atoms. The first-order chi connectivity index (χ1) is 18.0. The summed E-state index contributed by atoms with van der Waals surface area (Å²) in [7, 11) is 1.58. The molecule has 38 heavy (non-hydrogen) atoms. The van der Waals surface area contributed by atoms with Gasteiger partial charge >= 0.3 is 6.03 Å². The Kier molecular flexibility index (Phi) is 7.96. The van der Waals surface area contributed by atoms with Crippen LogP contribution < -0.4 is 19.7 Å². The quantitative estimate of drug-likeness (QED) is 0.433. The second kappa shape index (κ2) is 11.2. The van der Waals surface area contributed by atoms with E-state index in [1.54, 1.807) is 39.1 Å². The van der Waals surface area contributed by atoms with Gasteiger partial charge in [-0.15, -0.1) is 0 Å². The molecular weight excluding hydrogens is 498 g/mol. The minimum atomic E-state index is -0.988. The molecule has 1 aliphatic heterocycles. The predicted molar refractivity (Wildman–Crippen MR) is 135 cm³/mol. The third-order valence-corrected chi connectivity index (χ3v) is 6.08. The van der Waals surface area contributed by atoms with Crippen molar-refractivity contribution >= 4 is 17.6 Å². The molecule has 0 saturated carbocycles. The summed E-state index contributed by atoms with van der Waals surface area (Å²) in [6, 6.07) is 6.77. The summed E-state index contributed by atoms with van der Waals surface area (Å²) in [5.41, 5.74) is 0.525. The smallest absolute Gasteiger partial charge is 0.342 e. The third kappa shape index (κ3) is 6.65. The summed E-state index contributed by atoms with van der Waals surface area (Å²) in [6.07, 6.45) is 4.18. The van der Waals surface area contributed by atoms with Crippen LogP contribution in [0.3, 0.4) is 0 Å². The Labute approximate surface area is 219 Å². The number of likely N-dealkylation sites (N-methyl/N-ethyl adjacent to an activating group) is 1. The Hall–Kier alpha value is -3.99. The van der Waals surface area contributed by atoms with E-state index < -0.39 is 35.2 Å². The number of halogens is 2. The molecule has 4 rings (SSSR count). The van der Waals surface area contributed by atoms with Gasteiger partial charge in [0.05, 0.1) is 24.1 Å². The van der Waals surface area contributed by atoms with Crippen LogP contribution in [0.15, 0.2) is 48.8 Å². The van der Waals surface area contributed by atoms with Crippen molar-refractivity contribution in [3.63, 3.8) is 0 Å². The fourth-order valence-corrected chi connectivity index (χ4v) is 4.03. The molecule has 0 aliphatic carbocycles. The summed E-state index contributed by atoms with van der Waals surface area (Å²) in [6.45, 7) is 3.79. The second-order valence-electron chi connectivity index (χ2n) is 9.81. The van der Waals surface area contributed by atoms with E-state index in [0.29, 0.717) is 42.2 Å². The van der Waals surface area contributed by atoms with Crippen molar-refractivity contribution in [3.8, 4) is 11.5 Å². The van der Waals surface area contributed by atoms with Gasteiger partial charge in [-0.3, -0.25) is 4.79 Å². The van der Waals surface area contributed by atoms with Crippen LogP contribution in [0.4, 0.5) is 19.3 Å². The summed E-state index contributed by atoms with van der Waals surface area (Å²) < 4.78 is 39.7.